The highest BCUT2D eigenvalue weighted by Gasteiger charge is 2.20. The van der Waals surface area contributed by atoms with Crippen LogP contribution in [0.15, 0.2) is 35.9 Å². The van der Waals surface area contributed by atoms with E-state index in [1.807, 2.05) is 12.1 Å². The average molecular weight is 230 g/mol. The Morgan fingerprint density at radius 1 is 1.24 bits per heavy atom. The van der Waals surface area contributed by atoms with Crippen LogP contribution in [0.1, 0.15) is 37.2 Å². The van der Waals surface area contributed by atoms with Crippen molar-refractivity contribution in [3.63, 3.8) is 0 Å². The van der Waals surface area contributed by atoms with Crippen molar-refractivity contribution >= 4 is 6.29 Å². The Balaban J connectivity index is 2.23. The lowest BCUT2D eigenvalue weighted by molar-refractivity contribution is -0.104. The standard InChI is InChI=1S/C15H18O2/c1-17-14-8-6-13(7-9-14)15-5-3-2-4-12(15)10-11-16/h6-11,15H,2-5H2,1H3/b12-10+. The van der Waals surface area contributed by atoms with E-state index in [1.54, 1.807) is 13.2 Å². The Hall–Kier alpha value is -1.57. The molecule has 0 aliphatic heterocycles. The fraction of sp³-hybridized carbons (Fsp3) is 0.400. The van der Waals surface area contributed by atoms with Gasteiger partial charge in [-0.25, -0.2) is 0 Å². The van der Waals surface area contributed by atoms with Crippen molar-refractivity contribution in [2.45, 2.75) is 31.6 Å². The third-order valence-electron chi connectivity index (χ3n) is 3.46. The summed E-state index contributed by atoms with van der Waals surface area (Å²) in [6, 6.07) is 8.19. The fourth-order valence-corrected chi connectivity index (χ4v) is 2.54. The summed E-state index contributed by atoms with van der Waals surface area (Å²) < 4.78 is 5.16. The zero-order chi connectivity index (χ0) is 12.1. The number of methoxy groups -OCH3 is 1. The van der Waals surface area contributed by atoms with Gasteiger partial charge in [0.1, 0.15) is 12.0 Å². The number of aldehydes is 1. The van der Waals surface area contributed by atoms with Gasteiger partial charge in [0, 0.05) is 5.92 Å². The first kappa shape index (κ1) is 11.9. The van der Waals surface area contributed by atoms with Crippen molar-refractivity contribution in [2.75, 3.05) is 7.11 Å². The van der Waals surface area contributed by atoms with Gasteiger partial charge in [-0.2, -0.15) is 0 Å². The molecule has 1 saturated carbocycles. The Labute approximate surface area is 102 Å². The summed E-state index contributed by atoms with van der Waals surface area (Å²) in [6.45, 7) is 0. The van der Waals surface area contributed by atoms with Gasteiger partial charge in [-0.3, -0.25) is 4.79 Å². The lowest BCUT2D eigenvalue weighted by atomic mass is 9.80. The number of hydrogen-bond acceptors (Lipinski definition) is 2. The molecular weight excluding hydrogens is 212 g/mol. The largest absolute Gasteiger partial charge is 0.497 e. The molecule has 1 aliphatic carbocycles. The van der Waals surface area contributed by atoms with Gasteiger partial charge in [0.2, 0.25) is 0 Å². The molecule has 1 fully saturated rings. The maximum atomic E-state index is 10.7. The number of benzene rings is 1. The highest BCUT2D eigenvalue weighted by atomic mass is 16.5. The number of carbonyl (C=O) groups is 1. The van der Waals surface area contributed by atoms with Crippen molar-refractivity contribution in [1.29, 1.82) is 0 Å². The Morgan fingerprint density at radius 3 is 2.65 bits per heavy atom. The molecule has 0 spiro atoms. The zero-order valence-corrected chi connectivity index (χ0v) is 10.2. The first-order valence-electron chi connectivity index (χ1n) is 6.13. The third kappa shape index (κ3) is 2.76. The van der Waals surface area contributed by atoms with E-state index in [1.165, 1.54) is 24.0 Å². The smallest absolute Gasteiger partial charge is 0.142 e. The second-order valence-corrected chi connectivity index (χ2v) is 4.45. The summed E-state index contributed by atoms with van der Waals surface area (Å²) in [6.07, 6.45) is 7.30. The van der Waals surface area contributed by atoms with Gasteiger partial charge in [-0.05, 0) is 43.0 Å². The topological polar surface area (TPSA) is 26.3 Å². The van der Waals surface area contributed by atoms with E-state index in [4.69, 9.17) is 4.74 Å². The minimum Gasteiger partial charge on any atom is -0.497 e. The normalized spacial score (nSPS) is 22.4. The number of rotatable bonds is 3. The van der Waals surface area contributed by atoms with Gasteiger partial charge < -0.3 is 4.74 Å². The number of allylic oxidation sites excluding steroid dienone is 2. The van der Waals surface area contributed by atoms with Crippen LogP contribution in [0.25, 0.3) is 0 Å². The molecule has 2 nitrogen and oxygen atoms in total. The van der Waals surface area contributed by atoms with Crippen LogP contribution in [-0.2, 0) is 4.79 Å². The number of ether oxygens (including phenoxy) is 1. The molecule has 0 radical (unpaired) electrons. The molecule has 2 rings (SSSR count). The van der Waals surface area contributed by atoms with Crippen LogP contribution in [0.5, 0.6) is 5.75 Å². The maximum absolute atomic E-state index is 10.7. The first-order valence-corrected chi connectivity index (χ1v) is 6.13. The van der Waals surface area contributed by atoms with Crippen LogP contribution in [0.4, 0.5) is 0 Å². The monoisotopic (exact) mass is 230 g/mol. The van der Waals surface area contributed by atoms with Gasteiger partial charge in [-0.15, -0.1) is 0 Å². The molecule has 2 heteroatoms. The molecule has 0 heterocycles. The molecule has 17 heavy (non-hydrogen) atoms. The minimum absolute atomic E-state index is 0.417. The summed E-state index contributed by atoms with van der Waals surface area (Å²) in [5.74, 6) is 1.30. The highest BCUT2D eigenvalue weighted by molar-refractivity contribution is 5.67. The number of carbonyl (C=O) groups excluding carboxylic acids is 1. The minimum atomic E-state index is 0.417. The van der Waals surface area contributed by atoms with Crippen LogP contribution >= 0.6 is 0 Å². The van der Waals surface area contributed by atoms with E-state index in [0.29, 0.717) is 5.92 Å². The Kier molecular flexibility index (Phi) is 3.97. The molecule has 1 aliphatic rings. The molecule has 1 aromatic carbocycles. The third-order valence-corrected chi connectivity index (χ3v) is 3.46. The molecule has 0 aromatic heterocycles. The molecule has 0 N–H and O–H groups in total. The summed E-state index contributed by atoms with van der Waals surface area (Å²) in [5.41, 5.74) is 2.56. The molecule has 1 unspecified atom stereocenters. The molecule has 0 bridgehead atoms. The molecule has 1 aromatic rings. The Bertz CT molecular complexity index is 403. The van der Waals surface area contributed by atoms with E-state index in [-0.39, 0.29) is 0 Å². The van der Waals surface area contributed by atoms with E-state index in [9.17, 15) is 4.79 Å². The van der Waals surface area contributed by atoms with Crippen LogP contribution < -0.4 is 4.74 Å². The van der Waals surface area contributed by atoms with E-state index < -0.39 is 0 Å². The van der Waals surface area contributed by atoms with Gasteiger partial charge in [0.15, 0.2) is 0 Å². The predicted molar refractivity (Wildman–Crippen MR) is 68.4 cm³/mol. The molecule has 0 amide bonds. The van der Waals surface area contributed by atoms with E-state index in [2.05, 4.69) is 12.1 Å². The van der Waals surface area contributed by atoms with Gasteiger partial charge in [0.25, 0.3) is 0 Å². The lowest BCUT2D eigenvalue weighted by Gasteiger charge is -2.25. The van der Waals surface area contributed by atoms with Crippen LogP contribution in [0.3, 0.4) is 0 Å². The van der Waals surface area contributed by atoms with Crippen LogP contribution in [0.2, 0.25) is 0 Å². The Morgan fingerprint density at radius 2 is 2.00 bits per heavy atom. The van der Waals surface area contributed by atoms with Gasteiger partial charge >= 0.3 is 0 Å². The van der Waals surface area contributed by atoms with Crippen molar-refractivity contribution < 1.29 is 9.53 Å². The molecule has 1 atom stereocenters. The number of hydrogen-bond donors (Lipinski definition) is 0. The first-order chi connectivity index (χ1) is 8.35. The second kappa shape index (κ2) is 5.67. The van der Waals surface area contributed by atoms with Gasteiger partial charge in [0.05, 0.1) is 7.11 Å². The highest BCUT2D eigenvalue weighted by Crippen LogP contribution is 2.37. The van der Waals surface area contributed by atoms with Crippen molar-refractivity contribution in [3.8, 4) is 5.75 Å². The van der Waals surface area contributed by atoms with Gasteiger partial charge in [-0.1, -0.05) is 24.1 Å². The predicted octanol–water partition coefficient (Wildman–Crippen LogP) is 3.48. The summed E-state index contributed by atoms with van der Waals surface area (Å²) >= 11 is 0. The fourth-order valence-electron chi connectivity index (χ4n) is 2.54. The zero-order valence-electron chi connectivity index (χ0n) is 10.2. The molecular formula is C15H18O2. The maximum Gasteiger partial charge on any atom is 0.142 e. The van der Waals surface area contributed by atoms with Crippen molar-refractivity contribution in [2.24, 2.45) is 0 Å². The van der Waals surface area contributed by atoms with Crippen LogP contribution in [0, 0.1) is 0 Å². The lowest BCUT2D eigenvalue weighted by Crippen LogP contribution is -2.08. The van der Waals surface area contributed by atoms with Crippen molar-refractivity contribution in [1.82, 2.24) is 0 Å². The molecule has 90 valence electrons. The summed E-state index contributed by atoms with van der Waals surface area (Å²) in [7, 11) is 1.67. The quantitative estimate of drug-likeness (QED) is 0.587. The molecule has 0 saturated heterocycles. The van der Waals surface area contributed by atoms with Crippen LogP contribution in [-0.4, -0.2) is 13.4 Å². The van der Waals surface area contributed by atoms with E-state index >= 15 is 0 Å². The SMILES string of the molecule is COc1ccc(C2CCCC/C2=C\C=O)cc1. The summed E-state index contributed by atoms with van der Waals surface area (Å²) in [4.78, 5) is 10.7. The van der Waals surface area contributed by atoms with E-state index in [0.717, 1.165) is 24.9 Å². The summed E-state index contributed by atoms with van der Waals surface area (Å²) in [5, 5.41) is 0. The van der Waals surface area contributed by atoms with Crippen molar-refractivity contribution in [3.05, 3.63) is 41.5 Å². The average Bonchev–Trinajstić information content (AvgIpc) is 2.40. The second-order valence-electron chi connectivity index (χ2n) is 4.45.